The number of benzene rings is 2. The van der Waals surface area contributed by atoms with Crippen LogP contribution in [0.1, 0.15) is 21.6 Å². The monoisotopic (exact) mass is 542 g/mol. The molecule has 2 aromatic carbocycles. The summed E-state index contributed by atoms with van der Waals surface area (Å²) in [5, 5.41) is 13.3. The van der Waals surface area contributed by atoms with Crippen LogP contribution in [0.5, 0.6) is 5.75 Å². The number of nitrogens with zero attached hydrogens (tertiary/aromatic N) is 1. The molecule has 0 radical (unpaired) electrons. The minimum Gasteiger partial charge on any atom is -0.490 e. The number of carbonyl (C=O) groups is 1. The fourth-order valence-corrected chi connectivity index (χ4v) is 3.65. The summed E-state index contributed by atoms with van der Waals surface area (Å²) in [6, 6.07) is 16.5. The molecule has 0 saturated carbocycles. The quantitative estimate of drug-likeness (QED) is 0.337. The maximum absolute atomic E-state index is 13.3. The normalized spacial score (nSPS) is 11.6. The lowest BCUT2D eigenvalue weighted by atomic mass is 10.1. The van der Waals surface area contributed by atoms with Crippen molar-refractivity contribution in [2.75, 3.05) is 12.4 Å². The molecular weight excluding hydrogens is 521 g/mol. The van der Waals surface area contributed by atoms with Crippen molar-refractivity contribution in [2.24, 2.45) is 0 Å². The lowest BCUT2D eigenvalue weighted by molar-refractivity contribution is -0.418. The number of aryl methyl sites for hydroxylation is 1. The number of para-hydroxylation sites is 2. The molecule has 8 heteroatoms. The molecule has 0 fully saturated rings. The van der Waals surface area contributed by atoms with E-state index in [1.807, 2.05) is 55.5 Å². The third-order valence-electron chi connectivity index (χ3n) is 4.94. The summed E-state index contributed by atoms with van der Waals surface area (Å²) >= 11 is 2.21. The second-order valence-corrected chi connectivity index (χ2v) is 8.29. The number of fused-ring (bicyclic) bond motifs is 1. The largest absolute Gasteiger partial charge is 0.490 e. The molecule has 4 rings (SSSR count). The standard InChI is InChI=1S/C24H20IN3O4/c1-14-22-18(15(13-29)12-26-14)11-19(23(30)27-17-9-7-16(25)8-10-17)24(32-22)28-20-5-3-4-6-21(20)31-2/h3-12,29H,13H2,1-2H3,(H,27,30)/p+1. The average Bonchev–Trinajstić information content (AvgIpc) is 2.81. The summed E-state index contributed by atoms with van der Waals surface area (Å²) in [6.07, 6.45) is 1.58. The van der Waals surface area contributed by atoms with Crippen molar-refractivity contribution in [3.63, 3.8) is 0 Å². The minimum atomic E-state index is -0.354. The summed E-state index contributed by atoms with van der Waals surface area (Å²) < 4.78 is 12.6. The first-order valence-corrected chi connectivity index (χ1v) is 10.9. The molecule has 0 atom stereocenters. The van der Waals surface area contributed by atoms with Gasteiger partial charge in [-0.25, -0.2) is 0 Å². The van der Waals surface area contributed by atoms with Crippen molar-refractivity contribution in [3.8, 4) is 5.75 Å². The van der Waals surface area contributed by atoms with Crippen LogP contribution in [0.15, 0.2) is 65.2 Å². The van der Waals surface area contributed by atoms with E-state index in [0.29, 0.717) is 39.4 Å². The second kappa shape index (κ2) is 9.49. The number of hydrogen-bond acceptors (Lipinski definition) is 5. The van der Waals surface area contributed by atoms with Gasteiger partial charge in [0.2, 0.25) is 5.69 Å². The third-order valence-corrected chi connectivity index (χ3v) is 5.66. The minimum absolute atomic E-state index is 0.225. The molecule has 32 heavy (non-hydrogen) atoms. The Morgan fingerprint density at radius 3 is 2.69 bits per heavy atom. The number of aromatic nitrogens is 1. The second-order valence-electron chi connectivity index (χ2n) is 7.05. The highest BCUT2D eigenvalue weighted by atomic mass is 127. The van der Waals surface area contributed by atoms with Crippen molar-refractivity contribution < 1.29 is 24.0 Å². The number of pyridine rings is 1. The zero-order valence-corrected chi connectivity index (χ0v) is 19.6. The van der Waals surface area contributed by atoms with Gasteiger partial charge in [0.05, 0.1) is 19.4 Å². The van der Waals surface area contributed by atoms with E-state index in [-0.39, 0.29) is 23.6 Å². The van der Waals surface area contributed by atoms with Gasteiger partial charge in [0, 0.05) is 32.5 Å². The fraction of sp³-hybridized carbons (Fsp3) is 0.125. The molecule has 0 spiro atoms. The van der Waals surface area contributed by atoms with Crippen molar-refractivity contribution in [2.45, 2.75) is 13.5 Å². The van der Waals surface area contributed by atoms with E-state index < -0.39 is 0 Å². The van der Waals surface area contributed by atoms with Crippen LogP contribution < -0.4 is 20.6 Å². The summed E-state index contributed by atoms with van der Waals surface area (Å²) in [5.41, 5.74) is 3.52. The molecule has 0 unspecified atom stereocenters. The molecule has 2 heterocycles. The number of ether oxygens (including phenoxy) is 1. The molecule has 2 aromatic heterocycles. The van der Waals surface area contributed by atoms with Crippen molar-refractivity contribution in [1.29, 1.82) is 0 Å². The van der Waals surface area contributed by atoms with Gasteiger partial charge in [-0.2, -0.15) is 4.99 Å². The number of aliphatic hydroxyl groups excluding tert-OH is 1. The predicted octanol–water partition coefficient (Wildman–Crippen LogP) is 2.81. The molecule has 0 bridgehead atoms. The van der Waals surface area contributed by atoms with Gasteiger partial charge in [-0.05, 0) is 65.9 Å². The topological polar surface area (TPSA) is 98.6 Å². The van der Waals surface area contributed by atoms with Gasteiger partial charge in [0.1, 0.15) is 0 Å². The number of halogens is 1. The van der Waals surface area contributed by atoms with Crippen LogP contribution in [0.25, 0.3) is 11.0 Å². The molecule has 0 aliphatic carbocycles. The van der Waals surface area contributed by atoms with Crippen LogP contribution in [0.2, 0.25) is 0 Å². The number of carbonyl (C=O) groups excluding carboxylic acids is 1. The van der Waals surface area contributed by atoms with Crippen LogP contribution in [0, 0.1) is 10.5 Å². The fourth-order valence-electron chi connectivity index (χ4n) is 3.29. The number of rotatable bonds is 5. The SMILES string of the molecule is COc1ccccc1[NH+]=c1oc2c(C)ncc(CO)c2cc1C(=O)Nc1ccc(I)cc1. The summed E-state index contributed by atoms with van der Waals surface area (Å²) in [7, 11) is 1.57. The van der Waals surface area contributed by atoms with Gasteiger partial charge in [-0.15, -0.1) is 0 Å². The highest BCUT2D eigenvalue weighted by molar-refractivity contribution is 14.1. The summed E-state index contributed by atoms with van der Waals surface area (Å²) in [6.45, 7) is 1.59. The van der Waals surface area contributed by atoms with Gasteiger partial charge in [0.25, 0.3) is 5.91 Å². The maximum Gasteiger partial charge on any atom is 0.385 e. The van der Waals surface area contributed by atoms with Gasteiger partial charge in [-0.1, -0.05) is 12.1 Å². The Bertz CT molecular complexity index is 1360. The number of methoxy groups -OCH3 is 1. The van der Waals surface area contributed by atoms with E-state index in [9.17, 15) is 9.90 Å². The number of anilines is 1. The smallest absolute Gasteiger partial charge is 0.385 e. The zero-order chi connectivity index (χ0) is 22.7. The molecular formula is C24H21IN3O4+. The van der Waals surface area contributed by atoms with E-state index in [4.69, 9.17) is 9.15 Å². The number of hydrogen-bond donors (Lipinski definition) is 3. The van der Waals surface area contributed by atoms with Crippen LogP contribution in [0.3, 0.4) is 0 Å². The molecule has 7 nitrogen and oxygen atoms in total. The Morgan fingerprint density at radius 2 is 1.97 bits per heavy atom. The first-order chi connectivity index (χ1) is 15.5. The van der Waals surface area contributed by atoms with Gasteiger partial charge in [0.15, 0.2) is 16.9 Å². The predicted molar refractivity (Wildman–Crippen MR) is 129 cm³/mol. The Labute approximate surface area is 197 Å². The molecule has 0 aliphatic heterocycles. The van der Waals surface area contributed by atoms with Crippen molar-refractivity contribution in [3.05, 3.63) is 86.7 Å². The maximum atomic E-state index is 13.3. The highest BCUT2D eigenvalue weighted by Gasteiger charge is 2.20. The van der Waals surface area contributed by atoms with Crippen LogP contribution >= 0.6 is 22.6 Å². The van der Waals surface area contributed by atoms with Crippen LogP contribution in [-0.4, -0.2) is 23.1 Å². The van der Waals surface area contributed by atoms with E-state index >= 15 is 0 Å². The third kappa shape index (κ3) is 4.51. The van der Waals surface area contributed by atoms with Gasteiger partial charge < -0.3 is 19.6 Å². The molecule has 0 aliphatic rings. The Balaban J connectivity index is 1.94. The Hall–Kier alpha value is -3.24. The van der Waals surface area contributed by atoms with Crippen molar-refractivity contribution >= 4 is 50.8 Å². The average molecular weight is 542 g/mol. The number of aliphatic hydroxyl groups is 1. The van der Waals surface area contributed by atoms with E-state index in [0.717, 1.165) is 3.57 Å². The summed E-state index contributed by atoms with van der Waals surface area (Å²) in [5.74, 6) is 0.248. The summed E-state index contributed by atoms with van der Waals surface area (Å²) in [4.78, 5) is 20.8. The zero-order valence-electron chi connectivity index (χ0n) is 17.5. The lowest BCUT2D eigenvalue weighted by Gasteiger charge is -2.08. The lowest BCUT2D eigenvalue weighted by Crippen LogP contribution is -2.71. The first kappa shape index (κ1) is 22.0. The van der Waals surface area contributed by atoms with Crippen molar-refractivity contribution in [1.82, 2.24) is 4.98 Å². The molecule has 162 valence electrons. The Kier molecular flexibility index (Phi) is 6.52. The first-order valence-electron chi connectivity index (χ1n) is 9.83. The number of amides is 1. The van der Waals surface area contributed by atoms with E-state index in [2.05, 4.69) is 37.9 Å². The van der Waals surface area contributed by atoms with E-state index in [1.54, 1.807) is 19.4 Å². The number of nitrogens with one attached hydrogen (secondary N) is 2. The van der Waals surface area contributed by atoms with E-state index in [1.165, 1.54) is 0 Å². The Morgan fingerprint density at radius 1 is 1.22 bits per heavy atom. The molecule has 1 amide bonds. The molecule has 0 saturated heterocycles. The molecule has 3 N–H and O–H groups in total. The van der Waals surface area contributed by atoms with Gasteiger partial charge >= 0.3 is 5.55 Å². The van der Waals surface area contributed by atoms with Gasteiger partial charge in [-0.3, -0.25) is 9.78 Å². The van der Waals surface area contributed by atoms with Crippen LogP contribution in [0.4, 0.5) is 11.4 Å². The highest BCUT2D eigenvalue weighted by Crippen LogP contribution is 2.22. The van der Waals surface area contributed by atoms with Crippen LogP contribution in [-0.2, 0) is 6.61 Å². The molecule has 4 aromatic rings.